The fraction of sp³-hybridized carbons (Fsp3) is 0.600. The standard InChI is InChI=1S/C20H32N2O2/c1-5-6-10-14-21(18(4)23)15-13-20(24)22(17(2)3)16-19-11-8-7-9-12-19/h7-9,11-12,17H,5-6,10,13-16H2,1-4H3. The Morgan fingerprint density at radius 2 is 1.71 bits per heavy atom. The van der Waals surface area contributed by atoms with E-state index in [0.717, 1.165) is 31.4 Å². The van der Waals surface area contributed by atoms with Gasteiger partial charge in [-0.2, -0.15) is 0 Å². The summed E-state index contributed by atoms with van der Waals surface area (Å²) in [5, 5.41) is 0. The maximum Gasteiger partial charge on any atom is 0.224 e. The zero-order chi connectivity index (χ0) is 17.9. The van der Waals surface area contributed by atoms with Gasteiger partial charge in [-0.15, -0.1) is 0 Å². The molecule has 0 saturated carbocycles. The summed E-state index contributed by atoms with van der Waals surface area (Å²) in [5.41, 5.74) is 1.13. The topological polar surface area (TPSA) is 40.6 Å². The summed E-state index contributed by atoms with van der Waals surface area (Å²) in [6, 6.07) is 10.2. The van der Waals surface area contributed by atoms with Crippen LogP contribution in [0.15, 0.2) is 30.3 Å². The molecule has 0 fully saturated rings. The Kier molecular flexibility index (Phi) is 9.13. The second kappa shape index (κ2) is 10.8. The molecule has 0 bridgehead atoms. The second-order valence-corrected chi connectivity index (χ2v) is 6.56. The van der Waals surface area contributed by atoms with E-state index >= 15 is 0 Å². The first kappa shape index (κ1) is 20.2. The van der Waals surface area contributed by atoms with Crippen LogP contribution in [0, 0.1) is 0 Å². The molecule has 0 atom stereocenters. The third-order valence-electron chi connectivity index (χ3n) is 4.21. The highest BCUT2D eigenvalue weighted by Gasteiger charge is 2.19. The molecule has 1 aromatic rings. The minimum atomic E-state index is 0.0538. The van der Waals surface area contributed by atoms with Gasteiger partial charge in [-0.25, -0.2) is 0 Å². The van der Waals surface area contributed by atoms with Crippen molar-refractivity contribution in [3.8, 4) is 0 Å². The molecule has 0 aliphatic rings. The number of benzene rings is 1. The van der Waals surface area contributed by atoms with Gasteiger partial charge >= 0.3 is 0 Å². The summed E-state index contributed by atoms with van der Waals surface area (Å²) in [6.45, 7) is 9.67. The molecule has 2 amide bonds. The van der Waals surface area contributed by atoms with Gasteiger partial charge in [0.15, 0.2) is 0 Å². The van der Waals surface area contributed by atoms with Gasteiger partial charge < -0.3 is 9.80 Å². The van der Waals surface area contributed by atoms with E-state index in [1.54, 1.807) is 11.8 Å². The lowest BCUT2D eigenvalue weighted by molar-refractivity contribution is -0.135. The monoisotopic (exact) mass is 332 g/mol. The van der Waals surface area contributed by atoms with E-state index in [9.17, 15) is 9.59 Å². The minimum Gasteiger partial charge on any atom is -0.342 e. The summed E-state index contributed by atoms with van der Waals surface area (Å²) >= 11 is 0. The molecule has 0 aliphatic carbocycles. The van der Waals surface area contributed by atoms with Crippen LogP contribution in [0.25, 0.3) is 0 Å². The van der Waals surface area contributed by atoms with Gasteiger partial charge in [0.05, 0.1) is 0 Å². The predicted octanol–water partition coefficient (Wildman–Crippen LogP) is 3.85. The van der Waals surface area contributed by atoms with Crippen LogP contribution in [-0.4, -0.2) is 40.7 Å². The number of hydrogen-bond acceptors (Lipinski definition) is 2. The summed E-state index contributed by atoms with van der Waals surface area (Å²) < 4.78 is 0. The first-order chi connectivity index (χ1) is 11.5. The number of unbranched alkanes of at least 4 members (excludes halogenated alkanes) is 2. The average Bonchev–Trinajstić information content (AvgIpc) is 2.55. The van der Waals surface area contributed by atoms with Crippen molar-refractivity contribution >= 4 is 11.8 Å². The van der Waals surface area contributed by atoms with Crippen molar-refractivity contribution in [3.63, 3.8) is 0 Å². The quantitative estimate of drug-likeness (QED) is 0.611. The highest BCUT2D eigenvalue weighted by atomic mass is 16.2. The van der Waals surface area contributed by atoms with Gasteiger partial charge in [0.2, 0.25) is 11.8 Å². The van der Waals surface area contributed by atoms with Crippen LogP contribution in [-0.2, 0) is 16.1 Å². The van der Waals surface area contributed by atoms with Crippen molar-refractivity contribution in [2.45, 2.75) is 66.0 Å². The molecule has 1 aromatic carbocycles. The minimum absolute atomic E-state index is 0.0538. The molecule has 0 saturated heterocycles. The summed E-state index contributed by atoms with van der Waals surface area (Å²) in [7, 11) is 0. The molecule has 4 heteroatoms. The largest absolute Gasteiger partial charge is 0.342 e. The SMILES string of the molecule is CCCCCN(CCC(=O)N(Cc1ccccc1)C(C)C)C(C)=O. The van der Waals surface area contributed by atoms with Crippen molar-refractivity contribution in [3.05, 3.63) is 35.9 Å². The van der Waals surface area contributed by atoms with Crippen molar-refractivity contribution in [2.75, 3.05) is 13.1 Å². The molecule has 1 rings (SSSR count). The Balaban J connectivity index is 2.59. The predicted molar refractivity (Wildman–Crippen MR) is 98.5 cm³/mol. The third-order valence-corrected chi connectivity index (χ3v) is 4.21. The van der Waals surface area contributed by atoms with Crippen LogP contribution in [0.2, 0.25) is 0 Å². The Morgan fingerprint density at radius 1 is 1.04 bits per heavy atom. The fourth-order valence-corrected chi connectivity index (χ4v) is 2.69. The lowest BCUT2D eigenvalue weighted by Gasteiger charge is -2.28. The molecule has 0 aromatic heterocycles. The third kappa shape index (κ3) is 7.16. The molecule has 0 spiro atoms. The van der Waals surface area contributed by atoms with Crippen LogP contribution in [0.4, 0.5) is 0 Å². The average molecular weight is 332 g/mol. The number of amides is 2. The Hall–Kier alpha value is -1.84. The summed E-state index contributed by atoms with van der Waals surface area (Å²) in [5.74, 6) is 0.161. The smallest absolute Gasteiger partial charge is 0.224 e. The van der Waals surface area contributed by atoms with Gasteiger partial charge in [0.25, 0.3) is 0 Å². The molecule has 0 radical (unpaired) electrons. The first-order valence-corrected chi connectivity index (χ1v) is 9.04. The molecule has 0 heterocycles. The maximum absolute atomic E-state index is 12.6. The molecule has 0 N–H and O–H groups in total. The van der Waals surface area contributed by atoms with E-state index < -0.39 is 0 Å². The first-order valence-electron chi connectivity index (χ1n) is 9.04. The number of carbonyl (C=O) groups is 2. The van der Waals surface area contributed by atoms with Crippen molar-refractivity contribution < 1.29 is 9.59 Å². The van der Waals surface area contributed by atoms with Crippen LogP contribution in [0.5, 0.6) is 0 Å². The van der Waals surface area contributed by atoms with Crippen molar-refractivity contribution in [2.24, 2.45) is 0 Å². The Labute approximate surface area is 146 Å². The molecule has 4 nitrogen and oxygen atoms in total. The zero-order valence-electron chi connectivity index (χ0n) is 15.6. The van der Waals surface area contributed by atoms with Crippen LogP contribution < -0.4 is 0 Å². The molecular weight excluding hydrogens is 300 g/mol. The highest BCUT2D eigenvalue weighted by molar-refractivity contribution is 5.78. The van der Waals surface area contributed by atoms with Gasteiger partial charge in [0, 0.05) is 39.0 Å². The second-order valence-electron chi connectivity index (χ2n) is 6.56. The Morgan fingerprint density at radius 3 is 2.25 bits per heavy atom. The zero-order valence-corrected chi connectivity index (χ0v) is 15.6. The lowest BCUT2D eigenvalue weighted by Crippen LogP contribution is -2.39. The lowest BCUT2D eigenvalue weighted by atomic mass is 10.1. The molecular formula is C20H32N2O2. The summed E-state index contributed by atoms with van der Waals surface area (Å²) in [4.78, 5) is 28.1. The van der Waals surface area contributed by atoms with Crippen LogP contribution in [0.3, 0.4) is 0 Å². The van der Waals surface area contributed by atoms with Crippen LogP contribution in [0.1, 0.15) is 58.9 Å². The van der Waals surface area contributed by atoms with Gasteiger partial charge in [-0.1, -0.05) is 50.1 Å². The number of carbonyl (C=O) groups excluding carboxylic acids is 2. The van der Waals surface area contributed by atoms with Gasteiger partial charge in [-0.05, 0) is 25.8 Å². The van der Waals surface area contributed by atoms with Gasteiger partial charge in [0.1, 0.15) is 0 Å². The van der Waals surface area contributed by atoms with E-state index in [-0.39, 0.29) is 17.9 Å². The number of nitrogens with zero attached hydrogens (tertiary/aromatic N) is 2. The molecule has 0 unspecified atom stereocenters. The molecule has 0 aliphatic heterocycles. The van der Waals surface area contributed by atoms with Gasteiger partial charge in [-0.3, -0.25) is 9.59 Å². The fourth-order valence-electron chi connectivity index (χ4n) is 2.69. The van der Waals surface area contributed by atoms with E-state index in [1.807, 2.05) is 49.1 Å². The van der Waals surface area contributed by atoms with E-state index in [0.29, 0.717) is 19.5 Å². The molecule has 24 heavy (non-hydrogen) atoms. The van der Waals surface area contributed by atoms with Crippen molar-refractivity contribution in [1.29, 1.82) is 0 Å². The van der Waals surface area contributed by atoms with Crippen LogP contribution >= 0.6 is 0 Å². The normalized spacial score (nSPS) is 10.7. The summed E-state index contributed by atoms with van der Waals surface area (Å²) in [6.07, 6.45) is 3.63. The highest BCUT2D eigenvalue weighted by Crippen LogP contribution is 2.11. The van der Waals surface area contributed by atoms with E-state index in [2.05, 4.69) is 6.92 Å². The van der Waals surface area contributed by atoms with E-state index in [1.165, 1.54) is 0 Å². The number of hydrogen-bond donors (Lipinski definition) is 0. The van der Waals surface area contributed by atoms with E-state index in [4.69, 9.17) is 0 Å². The van der Waals surface area contributed by atoms with Crippen molar-refractivity contribution in [1.82, 2.24) is 9.80 Å². The number of rotatable bonds is 10. The molecule has 134 valence electrons. The Bertz CT molecular complexity index is 500. The maximum atomic E-state index is 12.6.